The van der Waals surface area contributed by atoms with E-state index in [0.717, 1.165) is 37.5 Å². The Kier molecular flexibility index (Phi) is 8.50. The van der Waals surface area contributed by atoms with Crippen LogP contribution < -0.4 is 0 Å². The molecular formula is C20H21BF6O6S. The molecule has 188 valence electrons. The van der Waals surface area contributed by atoms with Gasteiger partial charge in [0.25, 0.3) is 10.1 Å². The van der Waals surface area contributed by atoms with Crippen LogP contribution in [0.1, 0.15) is 53.6 Å². The molecule has 34 heavy (non-hydrogen) atoms. The number of ether oxygens (including phenoxy) is 1. The number of esters is 1. The monoisotopic (exact) mass is 514 g/mol. The van der Waals surface area contributed by atoms with Gasteiger partial charge in [0.1, 0.15) is 11.5 Å². The highest BCUT2D eigenvalue weighted by Crippen LogP contribution is 2.47. The van der Waals surface area contributed by atoms with Crippen LogP contribution in [0.2, 0.25) is 0 Å². The Labute approximate surface area is 193 Å². The van der Waals surface area contributed by atoms with E-state index in [4.69, 9.17) is 12.4 Å². The number of carbonyl (C=O) groups is 2. The fraction of sp³-hybridized carbons (Fsp3) is 0.600. The smallest absolute Gasteiger partial charge is 0.435 e. The normalized spacial score (nSPS) is 16.3. The Morgan fingerprint density at radius 2 is 1.56 bits per heavy atom. The highest BCUT2D eigenvalue weighted by molar-refractivity contribution is 7.85. The number of Topliss-reactive ketones (excluding diaryl/α,β-unsaturated/α-hetero) is 1. The number of halogens is 6. The number of ketones is 1. The summed E-state index contributed by atoms with van der Waals surface area (Å²) in [6, 6.07) is 2.91. The summed E-state index contributed by atoms with van der Waals surface area (Å²) in [6.07, 6.45) is -9.28. The molecule has 0 aromatic heterocycles. The van der Waals surface area contributed by atoms with Crippen LogP contribution in [0, 0.1) is 5.92 Å². The van der Waals surface area contributed by atoms with Crippen molar-refractivity contribution < 1.29 is 53.6 Å². The SMILES string of the molecule is [B]Cc1ccc(C(=O)OC(CS(=O)(=O)O)(C(F)(F)F)C(F)(F)F)cc1CC(=O)C1CCCCC1. The second-order valence-electron chi connectivity index (χ2n) is 8.10. The average molecular weight is 514 g/mol. The summed E-state index contributed by atoms with van der Waals surface area (Å²) < 4.78 is 115. The number of hydrogen-bond donors (Lipinski definition) is 1. The molecule has 0 spiro atoms. The fourth-order valence-corrected chi connectivity index (χ4v) is 4.72. The quantitative estimate of drug-likeness (QED) is 0.244. The number of carbonyl (C=O) groups excluding carboxylic acids is 2. The highest BCUT2D eigenvalue weighted by atomic mass is 32.2. The first kappa shape index (κ1) is 28.2. The maximum absolute atomic E-state index is 13.4. The summed E-state index contributed by atoms with van der Waals surface area (Å²) in [5.41, 5.74) is -5.82. The third-order valence-electron chi connectivity index (χ3n) is 5.66. The minimum Gasteiger partial charge on any atom is -0.435 e. The van der Waals surface area contributed by atoms with Crippen LogP contribution in [0.4, 0.5) is 26.3 Å². The molecule has 1 aromatic rings. The molecule has 0 atom stereocenters. The molecule has 1 fully saturated rings. The van der Waals surface area contributed by atoms with Crippen LogP contribution in [0.25, 0.3) is 0 Å². The van der Waals surface area contributed by atoms with E-state index in [1.165, 1.54) is 0 Å². The number of rotatable bonds is 8. The third-order valence-corrected chi connectivity index (χ3v) is 6.43. The van der Waals surface area contributed by atoms with Gasteiger partial charge >= 0.3 is 23.9 Å². The molecule has 6 nitrogen and oxygen atoms in total. The first-order chi connectivity index (χ1) is 15.5. The van der Waals surface area contributed by atoms with Crippen LogP contribution >= 0.6 is 0 Å². The van der Waals surface area contributed by atoms with E-state index in [9.17, 15) is 44.3 Å². The van der Waals surface area contributed by atoms with E-state index >= 15 is 0 Å². The predicted molar refractivity (Wildman–Crippen MR) is 108 cm³/mol. The zero-order valence-electron chi connectivity index (χ0n) is 17.7. The van der Waals surface area contributed by atoms with E-state index in [0.29, 0.717) is 18.4 Å². The lowest BCUT2D eigenvalue weighted by atomic mass is 9.82. The summed E-state index contributed by atoms with van der Waals surface area (Å²) in [6.45, 7) is 0. The number of alkyl halides is 6. The largest absolute Gasteiger partial charge is 0.438 e. The van der Waals surface area contributed by atoms with Gasteiger partial charge in [-0.3, -0.25) is 9.35 Å². The molecule has 1 aliphatic carbocycles. The van der Waals surface area contributed by atoms with E-state index in [1.807, 2.05) is 0 Å². The predicted octanol–water partition coefficient (Wildman–Crippen LogP) is 3.96. The molecule has 1 saturated carbocycles. The maximum atomic E-state index is 13.4. The van der Waals surface area contributed by atoms with Gasteiger partial charge in [0, 0.05) is 12.3 Å². The Morgan fingerprint density at radius 1 is 1.00 bits per heavy atom. The van der Waals surface area contributed by atoms with Crippen LogP contribution in [0.3, 0.4) is 0 Å². The second kappa shape index (κ2) is 10.3. The Hall–Kier alpha value is -2.09. The van der Waals surface area contributed by atoms with Gasteiger partial charge in [-0.1, -0.05) is 37.2 Å². The molecule has 0 aliphatic heterocycles. The van der Waals surface area contributed by atoms with E-state index < -0.39 is 45.4 Å². The van der Waals surface area contributed by atoms with Gasteiger partial charge in [-0.15, -0.1) is 0 Å². The zero-order chi connectivity index (χ0) is 25.9. The lowest BCUT2D eigenvalue weighted by molar-refractivity contribution is -0.356. The zero-order valence-corrected chi connectivity index (χ0v) is 18.5. The van der Waals surface area contributed by atoms with Crippen LogP contribution in [-0.2, 0) is 32.4 Å². The Bertz CT molecular complexity index is 1000. The highest BCUT2D eigenvalue weighted by Gasteiger charge is 2.76. The summed E-state index contributed by atoms with van der Waals surface area (Å²) in [5, 5.41) is 0. The van der Waals surface area contributed by atoms with Gasteiger partial charge in [0.15, 0.2) is 0 Å². The number of benzene rings is 1. The van der Waals surface area contributed by atoms with Gasteiger partial charge in [-0.05, 0) is 30.5 Å². The molecule has 0 amide bonds. The Morgan fingerprint density at radius 3 is 2.03 bits per heavy atom. The van der Waals surface area contributed by atoms with E-state index in [2.05, 4.69) is 4.74 Å². The van der Waals surface area contributed by atoms with Crippen molar-refractivity contribution in [2.24, 2.45) is 5.92 Å². The average Bonchev–Trinajstić information content (AvgIpc) is 2.71. The fourth-order valence-electron chi connectivity index (χ4n) is 3.82. The van der Waals surface area contributed by atoms with Crippen molar-refractivity contribution in [1.82, 2.24) is 0 Å². The molecule has 1 aliphatic rings. The van der Waals surface area contributed by atoms with Crippen molar-refractivity contribution in [3.8, 4) is 0 Å². The van der Waals surface area contributed by atoms with Gasteiger partial charge in [-0.2, -0.15) is 34.8 Å². The molecule has 14 heteroatoms. The number of hydrogen-bond acceptors (Lipinski definition) is 5. The van der Waals surface area contributed by atoms with Crippen LogP contribution in [0.5, 0.6) is 0 Å². The summed E-state index contributed by atoms with van der Waals surface area (Å²) >= 11 is 0. The van der Waals surface area contributed by atoms with Crippen molar-refractivity contribution in [3.63, 3.8) is 0 Å². The standard InChI is InChI=1S/C20H21BF6O6S/c21-10-14-7-6-13(8-15(14)9-16(28)12-4-2-1-3-5-12)17(29)33-18(19(22,23)24,20(25,26)27)11-34(30,31)32/h6-8,12H,1-5,9-11H2,(H,30,31,32). The summed E-state index contributed by atoms with van der Waals surface area (Å²) in [7, 11) is -0.305. The van der Waals surface area contributed by atoms with E-state index in [1.54, 1.807) is 0 Å². The second-order valence-corrected chi connectivity index (χ2v) is 9.56. The maximum Gasteiger partial charge on any atom is 0.438 e. The van der Waals surface area contributed by atoms with Crippen molar-refractivity contribution >= 4 is 29.7 Å². The molecule has 0 heterocycles. The van der Waals surface area contributed by atoms with Gasteiger partial charge in [0.2, 0.25) is 0 Å². The molecular weight excluding hydrogens is 493 g/mol. The first-order valence-electron chi connectivity index (χ1n) is 10.2. The molecule has 1 N–H and O–H groups in total. The minimum atomic E-state index is -6.44. The van der Waals surface area contributed by atoms with Crippen molar-refractivity contribution in [2.75, 3.05) is 5.75 Å². The summed E-state index contributed by atoms with van der Waals surface area (Å²) in [4.78, 5) is 25.0. The molecule has 2 radical (unpaired) electrons. The van der Waals surface area contributed by atoms with Crippen molar-refractivity contribution in [1.29, 1.82) is 0 Å². The van der Waals surface area contributed by atoms with Gasteiger partial charge < -0.3 is 4.74 Å². The molecule has 0 unspecified atom stereocenters. The molecule has 2 rings (SSSR count). The molecule has 1 aromatic carbocycles. The lowest BCUT2D eigenvalue weighted by Gasteiger charge is -2.35. The lowest BCUT2D eigenvalue weighted by Crippen LogP contribution is -2.63. The van der Waals surface area contributed by atoms with E-state index in [-0.39, 0.29) is 30.0 Å². The topological polar surface area (TPSA) is 97.7 Å². The van der Waals surface area contributed by atoms with Crippen molar-refractivity contribution in [2.45, 2.75) is 62.8 Å². The van der Waals surface area contributed by atoms with Crippen LogP contribution in [-0.4, -0.2) is 56.3 Å². The molecule has 0 saturated heterocycles. The van der Waals surface area contributed by atoms with Crippen LogP contribution in [0.15, 0.2) is 18.2 Å². The van der Waals surface area contributed by atoms with Gasteiger partial charge in [-0.25, -0.2) is 4.79 Å². The summed E-state index contributed by atoms with van der Waals surface area (Å²) in [5.74, 6) is -5.58. The molecule has 0 bridgehead atoms. The Balaban J connectivity index is 2.42. The van der Waals surface area contributed by atoms with Gasteiger partial charge in [0.05, 0.1) is 13.4 Å². The third kappa shape index (κ3) is 6.52. The first-order valence-corrected chi connectivity index (χ1v) is 11.8. The minimum absolute atomic E-state index is 0.125. The van der Waals surface area contributed by atoms with Crippen molar-refractivity contribution in [3.05, 3.63) is 34.9 Å².